The number of anilines is 2. The molecule has 2 aromatic heterocycles. The second-order valence-corrected chi connectivity index (χ2v) is 8.84. The molecule has 0 aliphatic carbocycles. The highest BCUT2D eigenvalue weighted by atomic mass is 16.2. The van der Waals surface area contributed by atoms with Gasteiger partial charge in [-0.1, -0.05) is 42.5 Å². The van der Waals surface area contributed by atoms with E-state index in [2.05, 4.69) is 20.6 Å². The van der Waals surface area contributed by atoms with Crippen molar-refractivity contribution >= 4 is 51.9 Å². The van der Waals surface area contributed by atoms with Crippen LogP contribution in [0.5, 0.6) is 0 Å². The quantitative estimate of drug-likeness (QED) is 0.290. The lowest BCUT2D eigenvalue weighted by atomic mass is 9.99. The number of benzene rings is 2. The van der Waals surface area contributed by atoms with Gasteiger partial charge in [0.05, 0.1) is 17.8 Å². The molecule has 2 aromatic carbocycles. The number of hydrogen-bond acceptors (Lipinski definition) is 4. The standard InChI is InChI=1S/C28H26N6O3/c1-17(18-7-9-22(10-8-18)34-12-11-30-28(34)37)27(36)33-21-14-24-20(15-31-26(24)32-16-21)13-23(25(29)35)19-5-3-2-4-6-19/h2-10,13-17H,11-12H2,1H3,(H2,29,35)(H,30,37)(H,31,32)(H,33,36). The van der Waals surface area contributed by atoms with E-state index in [0.717, 1.165) is 22.2 Å². The predicted octanol–water partition coefficient (Wildman–Crippen LogP) is 3.86. The Balaban J connectivity index is 1.35. The van der Waals surface area contributed by atoms with Crippen molar-refractivity contribution in [1.29, 1.82) is 0 Å². The Morgan fingerprint density at radius 2 is 1.89 bits per heavy atom. The smallest absolute Gasteiger partial charge is 0.321 e. The van der Waals surface area contributed by atoms with E-state index in [9.17, 15) is 14.4 Å². The highest BCUT2D eigenvalue weighted by Crippen LogP contribution is 2.27. The Hall–Kier alpha value is -4.92. The number of aromatic amines is 1. The van der Waals surface area contributed by atoms with Crippen LogP contribution in [-0.2, 0) is 9.59 Å². The van der Waals surface area contributed by atoms with Crippen molar-refractivity contribution in [3.05, 3.63) is 89.7 Å². The van der Waals surface area contributed by atoms with Crippen molar-refractivity contribution in [2.75, 3.05) is 23.3 Å². The molecule has 5 N–H and O–H groups in total. The van der Waals surface area contributed by atoms with Crippen LogP contribution in [0.3, 0.4) is 0 Å². The molecule has 1 unspecified atom stereocenters. The number of carbonyl (C=O) groups excluding carboxylic acids is 3. The van der Waals surface area contributed by atoms with Crippen molar-refractivity contribution < 1.29 is 14.4 Å². The number of urea groups is 1. The number of nitrogens with one attached hydrogen (secondary N) is 3. The van der Waals surface area contributed by atoms with Crippen molar-refractivity contribution in [1.82, 2.24) is 15.3 Å². The fraction of sp³-hybridized carbons (Fsp3) is 0.143. The average Bonchev–Trinajstić information content (AvgIpc) is 3.52. The van der Waals surface area contributed by atoms with Gasteiger partial charge in [0.2, 0.25) is 11.8 Å². The van der Waals surface area contributed by atoms with Crippen LogP contribution >= 0.6 is 0 Å². The number of amides is 4. The summed E-state index contributed by atoms with van der Waals surface area (Å²) >= 11 is 0. The second kappa shape index (κ2) is 9.98. The van der Waals surface area contributed by atoms with E-state index in [4.69, 9.17) is 5.73 Å². The third-order valence-corrected chi connectivity index (χ3v) is 6.44. The molecule has 0 spiro atoms. The average molecular weight is 495 g/mol. The third-order valence-electron chi connectivity index (χ3n) is 6.44. The van der Waals surface area contributed by atoms with Gasteiger partial charge in [-0.25, -0.2) is 9.78 Å². The molecule has 0 radical (unpaired) electrons. The van der Waals surface area contributed by atoms with E-state index in [1.165, 1.54) is 0 Å². The monoisotopic (exact) mass is 494 g/mol. The number of hydrogen-bond donors (Lipinski definition) is 4. The zero-order valence-electron chi connectivity index (χ0n) is 20.2. The number of nitrogens with two attached hydrogens (primary N) is 1. The van der Waals surface area contributed by atoms with Gasteiger partial charge in [-0.2, -0.15) is 0 Å². The maximum Gasteiger partial charge on any atom is 0.321 e. The maximum absolute atomic E-state index is 13.0. The molecule has 1 atom stereocenters. The van der Waals surface area contributed by atoms with Crippen LogP contribution < -0.4 is 21.3 Å². The minimum absolute atomic E-state index is 0.118. The minimum atomic E-state index is -0.539. The summed E-state index contributed by atoms with van der Waals surface area (Å²) in [5.74, 6) is -1.16. The van der Waals surface area contributed by atoms with Crippen LogP contribution in [0.15, 0.2) is 73.1 Å². The number of rotatable bonds is 7. The van der Waals surface area contributed by atoms with E-state index in [1.807, 2.05) is 67.6 Å². The number of carbonyl (C=O) groups is 3. The van der Waals surface area contributed by atoms with Crippen LogP contribution in [0.2, 0.25) is 0 Å². The van der Waals surface area contributed by atoms with Crippen molar-refractivity contribution in [2.45, 2.75) is 12.8 Å². The number of pyridine rings is 1. The summed E-state index contributed by atoms with van der Waals surface area (Å²) in [6.45, 7) is 3.06. The van der Waals surface area contributed by atoms with E-state index in [1.54, 1.807) is 23.4 Å². The van der Waals surface area contributed by atoms with Gasteiger partial charge >= 0.3 is 6.03 Å². The van der Waals surface area contributed by atoms with Gasteiger partial charge in [-0.3, -0.25) is 14.5 Å². The molecule has 3 heterocycles. The molecule has 4 amide bonds. The van der Waals surface area contributed by atoms with Crippen molar-refractivity contribution in [3.8, 4) is 0 Å². The Labute approximate surface area is 213 Å². The highest BCUT2D eigenvalue weighted by molar-refractivity contribution is 6.24. The van der Waals surface area contributed by atoms with Gasteiger partial charge in [0, 0.05) is 41.5 Å². The van der Waals surface area contributed by atoms with E-state index in [-0.39, 0.29) is 11.9 Å². The van der Waals surface area contributed by atoms with Crippen LogP contribution in [0.25, 0.3) is 22.7 Å². The lowest BCUT2D eigenvalue weighted by Crippen LogP contribution is -2.27. The highest BCUT2D eigenvalue weighted by Gasteiger charge is 2.22. The van der Waals surface area contributed by atoms with Gasteiger partial charge < -0.3 is 21.4 Å². The number of nitrogens with zero attached hydrogens (tertiary/aromatic N) is 2. The lowest BCUT2D eigenvalue weighted by Gasteiger charge is -2.16. The molecule has 186 valence electrons. The molecule has 1 fully saturated rings. The van der Waals surface area contributed by atoms with E-state index < -0.39 is 11.8 Å². The molecule has 9 nitrogen and oxygen atoms in total. The molecule has 9 heteroatoms. The summed E-state index contributed by atoms with van der Waals surface area (Å²) in [7, 11) is 0. The minimum Gasteiger partial charge on any atom is -0.366 e. The maximum atomic E-state index is 13.0. The van der Waals surface area contributed by atoms with Crippen molar-refractivity contribution in [2.24, 2.45) is 5.73 Å². The van der Waals surface area contributed by atoms with Crippen LogP contribution in [0, 0.1) is 0 Å². The Kier molecular flexibility index (Phi) is 6.42. The topological polar surface area (TPSA) is 133 Å². The second-order valence-electron chi connectivity index (χ2n) is 8.84. The normalized spacial score (nSPS) is 14.5. The summed E-state index contributed by atoms with van der Waals surface area (Å²) in [4.78, 5) is 46.2. The number of H-pyrrole nitrogens is 1. The first kappa shape index (κ1) is 23.8. The molecule has 4 aromatic rings. The molecular formula is C28H26N6O3. The number of aromatic nitrogens is 2. The van der Waals surface area contributed by atoms with Gasteiger partial charge in [0.25, 0.3) is 0 Å². The zero-order chi connectivity index (χ0) is 25.9. The third kappa shape index (κ3) is 4.92. The molecule has 1 aliphatic rings. The van der Waals surface area contributed by atoms with Crippen LogP contribution in [-0.4, -0.2) is 40.9 Å². The Morgan fingerprint density at radius 1 is 1.14 bits per heavy atom. The summed E-state index contributed by atoms with van der Waals surface area (Å²) < 4.78 is 0. The molecule has 37 heavy (non-hydrogen) atoms. The zero-order valence-corrected chi connectivity index (χ0v) is 20.2. The van der Waals surface area contributed by atoms with E-state index >= 15 is 0 Å². The van der Waals surface area contributed by atoms with Crippen molar-refractivity contribution in [3.63, 3.8) is 0 Å². The first-order chi connectivity index (χ1) is 17.9. The lowest BCUT2D eigenvalue weighted by molar-refractivity contribution is -0.117. The van der Waals surface area contributed by atoms with Gasteiger partial charge in [0.1, 0.15) is 5.65 Å². The summed E-state index contributed by atoms with van der Waals surface area (Å²) in [5, 5.41) is 6.45. The molecule has 0 saturated carbocycles. The summed E-state index contributed by atoms with van der Waals surface area (Å²) in [6, 6.07) is 18.3. The SMILES string of the molecule is CC(C(=O)Nc1cnc2[nH]cc(C=C(C(N)=O)c3ccccc3)c2c1)c1ccc(N2CCNC2=O)cc1. The first-order valence-corrected chi connectivity index (χ1v) is 11.9. The van der Waals surface area contributed by atoms with Crippen LogP contribution in [0.1, 0.15) is 29.5 Å². The molecule has 1 aliphatic heterocycles. The summed E-state index contributed by atoms with van der Waals surface area (Å²) in [6.07, 6.45) is 5.05. The Morgan fingerprint density at radius 3 is 2.57 bits per heavy atom. The first-order valence-electron chi connectivity index (χ1n) is 11.9. The largest absolute Gasteiger partial charge is 0.366 e. The molecule has 0 bridgehead atoms. The number of primary amides is 1. The van der Waals surface area contributed by atoms with E-state index in [0.29, 0.717) is 35.6 Å². The Bertz CT molecular complexity index is 1510. The fourth-order valence-corrected chi connectivity index (χ4v) is 4.34. The van der Waals surface area contributed by atoms with Gasteiger partial charge in [-0.05, 0) is 42.3 Å². The predicted molar refractivity (Wildman–Crippen MR) is 144 cm³/mol. The molecule has 1 saturated heterocycles. The van der Waals surface area contributed by atoms with Gasteiger partial charge in [-0.15, -0.1) is 0 Å². The fourth-order valence-electron chi connectivity index (χ4n) is 4.34. The summed E-state index contributed by atoms with van der Waals surface area (Å²) in [5.41, 5.74) is 10.2. The molecule has 5 rings (SSSR count). The molecular weight excluding hydrogens is 468 g/mol. The van der Waals surface area contributed by atoms with Gasteiger partial charge in [0.15, 0.2) is 0 Å². The number of fused-ring (bicyclic) bond motifs is 1. The van der Waals surface area contributed by atoms with Crippen LogP contribution in [0.4, 0.5) is 16.2 Å².